The van der Waals surface area contributed by atoms with E-state index in [0.717, 1.165) is 17.0 Å². The average Bonchev–Trinajstić information content (AvgIpc) is 2.77. The molecule has 1 aromatic carbocycles. The van der Waals surface area contributed by atoms with Gasteiger partial charge in [0.2, 0.25) is 0 Å². The summed E-state index contributed by atoms with van der Waals surface area (Å²) in [5, 5.41) is 3.20. The van der Waals surface area contributed by atoms with Crippen LogP contribution >= 0.6 is 11.3 Å². The molecule has 0 atom stereocenters. The Labute approximate surface area is 97.1 Å². The summed E-state index contributed by atoms with van der Waals surface area (Å²) in [5.74, 6) is -0.364. The molecule has 3 N–H and O–H groups in total. The predicted molar refractivity (Wildman–Crippen MR) is 63.5 cm³/mol. The van der Waals surface area contributed by atoms with Crippen molar-refractivity contribution in [3.63, 3.8) is 0 Å². The number of nitrogens with zero attached hydrogens (tertiary/aromatic N) is 1. The van der Waals surface area contributed by atoms with E-state index in [-0.39, 0.29) is 11.5 Å². The Balaban J connectivity index is 1.92. The van der Waals surface area contributed by atoms with E-state index in [1.165, 1.54) is 6.07 Å². The van der Waals surface area contributed by atoms with Crippen LogP contribution in [0.4, 0.5) is 10.1 Å². The van der Waals surface area contributed by atoms with Crippen molar-refractivity contribution in [3.05, 3.63) is 46.2 Å². The van der Waals surface area contributed by atoms with Crippen molar-refractivity contribution in [2.45, 2.75) is 13.1 Å². The zero-order valence-corrected chi connectivity index (χ0v) is 9.43. The summed E-state index contributed by atoms with van der Waals surface area (Å²) in [6, 6.07) is 4.84. The summed E-state index contributed by atoms with van der Waals surface area (Å²) >= 11 is 1.59. The summed E-state index contributed by atoms with van der Waals surface area (Å²) in [7, 11) is 0. The molecule has 1 heterocycles. The monoisotopic (exact) mass is 237 g/mol. The van der Waals surface area contributed by atoms with Crippen LogP contribution in [0, 0.1) is 5.82 Å². The molecule has 0 spiro atoms. The number of benzene rings is 1. The zero-order valence-electron chi connectivity index (χ0n) is 8.61. The van der Waals surface area contributed by atoms with Gasteiger partial charge < -0.3 is 11.1 Å². The molecule has 0 radical (unpaired) electrons. The van der Waals surface area contributed by atoms with Crippen molar-refractivity contribution >= 4 is 17.0 Å². The van der Waals surface area contributed by atoms with Crippen molar-refractivity contribution < 1.29 is 4.39 Å². The number of hydrogen-bond donors (Lipinski definition) is 2. The molecule has 0 saturated heterocycles. The first-order valence-corrected chi connectivity index (χ1v) is 5.76. The number of nitrogen functional groups attached to an aromatic ring is 1. The van der Waals surface area contributed by atoms with Gasteiger partial charge >= 0.3 is 0 Å². The SMILES string of the molecule is Nc1c(F)cccc1CNCc1cncs1. The average molecular weight is 237 g/mol. The van der Waals surface area contributed by atoms with Crippen LogP contribution in [0.3, 0.4) is 0 Å². The van der Waals surface area contributed by atoms with E-state index in [0.29, 0.717) is 6.54 Å². The highest BCUT2D eigenvalue weighted by Crippen LogP contribution is 2.15. The van der Waals surface area contributed by atoms with E-state index >= 15 is 0 Å². The lowest BCUT2D eigenvalue weighted by Crippen LogP contribution is -2.13. The van der Waals surface area contributed by atoms with E-state index in [2.05, 4.69) is 10.3 Å². The largest absolute Gasteiger partial charge is 0.396 e. The van der Waals surface area contributed by atoms with Crippen LogP contribution in [0.2, 0.25) is 0 Å². The number of para-hydroxylation sites is 1. The maximum absolute atomic E-state index is 13.1. The molecule has 2 aromatic rings. The number of nitrogens with one attached hydrogen (secondary N) is 1. The molecule has 2 rings (SSSR count). The smallest absolute Gasteiger partial charge is 0.146 e. The summed E-state index contributed by atoms with van der Waals surface area (Å²) in [5.41, 5.74) is 8.41. The Morgan fingerprint density at radius 3 is 3.00 bits per heavy atom. The normalized spacial score (nSPS) is 10.6. The van der Waals surface area contributed by atoms with Gasteiger partial charge in [-0.15, -0.1) is 11.3 Å². The van der Waals surface area contributed by atoms with Crippen LogP contribution in [0.25, 0.3) is 0 Å². The van der Waals surface area contributed by atoms with Crippen molar-refractivity contribution in [1.29, 1.82) is 0 Å². The minimum absolute atomic E-state index is 0.222. The van der Waals surface area contributed by atoms with E-state index in [1.807, 2.05) is 12.3 Å². The summed E-state index contributed by atoms with van der Waals surface area (Å²) in [4.78, 5) is 5.12. The van der Waals surface area contributed by atoms with Gasteiger partial charge in [-0.25, -0.2) is 4.39 Å². The maximum atomic E-state index is 13.1. The van der Waals surface area contributed by atoms with Crippen LogP contribution in [0.15, 0.2) is 29.9 Å². The first kappa shape index (κ1) is 11.0. The number of nitrogens with two attached hydrogens (primary N) is 1. The first-order valence-electron chi connectivity index (χ1n) is 4.88. The molecule has 0 aliphatic rings. The second kappa shape index (κ2) is 5.05. The molecule has 0 unspecified atom stereocenters. The van der Waals surface area contributed by atoms with Crippen LogP contribution in [-0.4, -0.2) is 4.98 Å². The van der Waals surface area contributed by atoms with Gasteiger partial charge in [0.15, 0.2) is 0 Å². The first-order chi connectivity index (χ1) is 7.77. The standard InChI is InChI=1S/C11H12FN3S/c12-10-3-1-2-8(11(10)13)4-14-5-9-6-15-7-16-9/h1-3,6-7,14H,4-5,13H2. The lowest BCUT2D eigenvalue weighted by molar-refractivity contribution is 0.626. The third-order valence-corrected chi connectivity index (χ3v) is 3.02. The van der Waals surface area contributed by atoms with Gasteiger partial charge in [-0.05, 0) is 11.6 Å². The highest BCUT2D eigenvalue weighted by Gasteiger charge is 2.03. The van der Waals surface area contributed by atoms with Gasteiger partial charge in [-0.3, -0.25) is 4.98 Å². The van der Waals surface area contributed by atoms with Crippen molar-refractivity contribution in [2.75, 3.05) is 5.73 Å². The van der Waals surface area contributed by atoms with E-state index < -0.39 is 0 Å². The zero-order chi connectivity index (χ0) is 11.4. The quantitative estimate of drug-likeness (QED) is 0.801. The second-order valence-electron chi connectivity index (χ2n) is 3.38. The number of thiazole rings is 1. The molecule has 0 bridgehead atoms. The molecular formula is C11H12FN3S. The Hall–Kier alpha value is -1.46. The molecule has 84 valence electrons. The topological polar surface area (TPSA) is 50.9 Å². The summed E-state index contributed by atoms with van der Waals surface area (Å²) < 4.78 is 13.1. The second-order valence-corrected chi connectivity index (χ2v) is 4.35. The predicted octanol–water partition coefficient (Wildman–Crippen LogP) is 2.15. The Bertz CT molecular complexity index is 456. The molecule has 0 fully saturated rings. The molecular weight excluding hydrogens is 225 g/mol. The molecule has 0 saturated carbocycles. The van der Waals surface area contributed by atoms with Gasteiger partial charge in [0.25, 0.3) is 0 Å². The van der Waals surface area contributed by atoms with Crippen molar-refractivity contribution in [1.82, 2.24) is 10.3 Å². The van der Waals surface area contributed by atoms with Crippen LogP contribution in [-0.2, 0) is 13.1 Å². The minimum Gasteiger partial charge on any atom is -0.396 e. The minimum atomic E-state index is -0.364. The summed E-state index contributed by atoms with van der Waals surface area (Å²) in [6.45, 7) is 1.28. The van der Waals surface area contributed by atoms with Gasteiger partial charge in [-0.2, -0.15) is 0 Å². The molecule has 0 aliphatic carbocycles. The van der Waals surface area contributed by atoms with Crippen LogP contribution in [0.5, 0.6) is 0 Å². The number of rotatable bonds is 4. The van der Waals surface area contributed by atoms with Gasteiger partial charge in [0, 0.05) is 24.2 Å². The highest BCUT2D eigenvalue weighted by atomic mass is 32.1. The van der Waals surface area contributed by atoms with Gasteiger partial charge in [-0.1, -0.05) is 12.1 Å². The third kappa shape index (κ3) is 2.56. The molecule has 0 aliphatic heterocycles. The number of aromatic nitrogens is 1. The van der Waals surface area contributed by atoms with Crippen molar-refractivity contribution in [2.24, 2.45) is 0 Å². The fourth-order valence-electron chi connectivity index (χ4n) is 1.39. The van der Waals surface area contributed by atoms with Gasteiger partial charge in [0.05, 0.1) is 11.2 Å². The Morgan fingerprint density at radius 1 is 1.38 bits per heavy atom. The van der Waals surface area contributed by atoms with E-state index in [1.54, 1.807) is 22.9 Å². The number of halogens is 1. The molecule has 0 amide bonds. The third-order valence-electron chi connectivity index (χ3n) is 2.24. The fraction of sp³-hybridized carbons (Fsp3) is 0.182. The van der Waals surface area contributed by atoms with E-state index in [9.17, 15) is 4.39 Å². The van der Waals surface area contributed by atoms with E-state index in [4.69, 9.17) is 5.73 Å². The Kier molecular flexibility index (Phi) is 3.48. The molecule has 5 heteroatoms. The maximum Gasteiger partial charge on any atom is 0.146 e. The highest BCUT2D eigenvalue weighted by molar-refractivity contribution is 7.09. The number of anilines is 1. The molecule has 3 nitrogen and oxygen atoms in total. The summed E-state index contributed by atoms with van der Waals surface area (Å²) in [6.07, 6.45) is 1.81. The van der Waals surface area contributed by atoms with Gasteiger partial charge in [0.1, 0.15) is 5.82 Å². The Morgan fingerprint density at radius 2 is 2.25 bits per heavy atom. The lowest BCUT2D eigenvalue weighted by atomic mass is 10.2. The number of hydrogen-bond acceptors (Lipinski definition) is 4. The van der Waals surface area contributed by atoms with Crippen LogP contribution in [0.1, 0.15) is 10.4 Å². The lowest BCUT2D eigenvalue weighted by Gasteiger charge is -2.07. The van der Waals surface area contributed by atoms with Crippen molar-refractivity contribution in [3.8, 4) is 0 Å². The van der Waals surface area contributed by atoms with Crippen LogP contribution < -0.4 is 11.1 Å². The fourth-order valence-corrected chi connectivity index (χ4v) is 1.95. The molecule has 16 heavy (non-hydrogen) atoms. The molecule has 1 aromatic heterocycles.